The van der Waals surface area contributed by atoms with Crippen molar-refractivity contribution in [3.05, 3.63) is 0 Å². The third-order valence-corrected chi connectivity index (χ3v) is 4.87. The second-order valence-electron chi connectivity index (χ2n) is 6.30. The Kier molecular flexibility index (Phi) is 2.42. The number of rotatable bonds is 3. The van der Waals surface area contributed by atoms with Gasteiger partial charge < -0.3 is 5.32 Å². The van der Waals surface area contributed by atoms with Crippen molar-refractivity contribution >= 4 is 0 Å². The van der Waals surface area contributed by atoms with Crippen LogP contribution in [-0.2, 0) is 0 Å². The fraction of sp³-hybridized carbons (Fsp3) is 1.00. The molecule has 0 radical (unpaired) electrons. The van der Waals surface area contributed by atoms with Crippen molar-refractivity contribution < 1.29 is 0 Å². The number of nitrogens with one attached hydrogen (secondary N) is 1. The SMILES string of the molecule is CCCNC1C2(C)CCC(C2)C1(C)C. The summed E-state index contributed by atoms with van der Waals surface area (Å²) in [6, 6.07) is 0.758. The van der Waals surface area contributed by atoms with Crippen molar-refractivity contribution in [2.75, 3.05) is 6.54 Å². The number of fused-ring (bicyclic) bond motifs is 2. The van der Waals surface area contributed by atoms with Gasteiger partial charge in [-0.1, -0.05) is 27.7 Å². The fourth-order valence-corrected chi connectivity index (χ4v) is 4.10. The van der Waals surface area contributed by atoms with E-state index in [4.69, 9.17) is 0 Å². The normalized spacial score (nSPS) is 44.6. The van der Waals surface area contributed by atoms with E-state index in [1.807, 2.05) is 0 Å². The van der Waals surface area contributed by atoms with Crippen molar-refractivity contribution in [2.24, 2.45) is 16.7 Å². The van der Waals surface area contributed by atoms with Gasteiger partial charge in [-0.25, -0.2) is 0 Å². The zero-order valence-electron chi connectivity index (χ0n) is 10.2. The first-order valence-electron chi connectivity index (χ1n) is 6.24. The smallest absolute Gasteiger partial charge is 0.0175 e. The Morgan fingerprint density at radius 1 is 1.29 bits per heavy atom. The molecule has 0 saturated heterocycles. The van der Waals surface area contributed by atoms with E-state index >= 15 is 0 Å². The predicted molar refractivity (Wildman–Crippen MR) is 61.3 cm³/mol. The van der Waals surface area contributed by atoms with Gasteiger partial charge in [0.15, 0.2) is 0 Å². The summed E-state index contributed by atoms with van der Waals surface area (Å²) in [5.74, 6) is 0.974. The summed E-state index contributed by atoms with van der Waals surface area (Å²) in [7, 11) is 0. The lowest BCUT2D eigenvalue weighted by molar-refractivity contribution is 0.109. The first kappa shape index (κ1) is 10.5. The van der Waals surface area contributed by atoms with Gasteiger partial charge in [-0.15, -0.1) is 0 Å². The number of hydrogen-bond acceptors (Lipinski definition) is 1. The van der Waals surface area contributed by atoms with Crippen LogP contribution in [-0.4, -0.2) is 12.6 Å². The molecule has 2 bridgehead atoms. The summed E-state index contributed by atoms with van der Waals surface area (Å²) in [6.07, 6.45) is 5.63. The second-order valence-corrected chi connectivity index (χ2v) is 6.30. The van der Waals surface area contributed by atoms with E-state index in [2.05, 4.69) is 33.0 Å². The summed E-state index contributed by atoms with van der Waals surface area (Å²) >= 11 is 0. The zero-order valence-corrected chi connectivity index (χ0v) is 10.2. The Hall–Kier alpha value is -0.0400. The minimum absolute atomic E-state index is 0.530. The molecule has 2 aliphatic carbocycles. The molecule has 1 N–H and O–H groups in total. The van der Waals surface area contributed by atoms with Crippen LogP contribution < -0.4 is 5.32 Å². The predicted octanol–water partition coefficient (Wildman–Crippen LogP) is 3.20. The topological polar surface area (TPSA) is 12.0 Å². The Balaban J connectivity index is 2.13. The molecular weight excluding hydrogens is 170 g/mol. The van der Waals surface area contributed by atoms with Gasteiger partial charge in [-0.05, 0) is 49.0 Å². The lowest BCUT2D eigenvalue weighted by Gasteiger charge is -2.43. The van der Waals surface area contributed by atoms with Gasteiger partial charge in [-0.2, -0.15) is 0 Å². The summed E-state index contributed by atoms with van der Waals surface area (Å²) in [5.41, 5.74) is 1.13. The van der Waals surface area contributed by atoms with E-state index in [0.29, 0.717) is 10.8 Å². The first-order valence-corrected chi connectivity index (χ1v) is 6.24. The largest absolute Gasteiger partial charge is 0.313 e. The molecule has 0 aliphatic heterocycles. The van der Waals surface area contributed by atoms with Gasteiger partial charge in [0, 0.05) is 6.04 Å². The van der Waals surface area contributed by atoms with Crippen LogP contribution in [0.3, 0.4) is 0 Å². The zero-order chi connectivity index (χ0) is 10.4. The fourth-order valence-electron chi connectivity index (χ4n) is 4.10. The molecule has 2 fully saturated rings. The van der Waals surface area contributed by atoms with Crippen LogP contribution in [0, 0.1) is 16.7 Å². The number of hydrogen-bond donors (Lipinski definition) is 1. The van der Waals surface area contributed by atoms with E-state index in [1.54, 1.807) is 0 Å². The van der Waals surface area contributed by atoms with Crippen molar-refractivity contribution in [1.82, 2.24) is 5.32 Å². The van der Waals surface area contributed by atoms with Gasteiger partial charge in [0.1, 0.15) is 0 Å². The third-order valence-electron chi connectivity index (χ3n) is 4.87. The van der Waals surface area contributed by atoms with Crippen LogP contribution in [0.4, 0.5) is 0 Å². The van der Waals surface area contributed by atoms with Crippen LogP contribution >= 0.6 is 0 Å². The molecule has 3 atom stereocenters. The van der Waals surface area contributed by atoms with Crippen molar-refractivity contribution in [3.8, 4) is 0 Å². The molecular formula is C13H25N. The van der Waals surface area contributed by atoms with Gasteiger partial charge in [0.05, 0.1) is 0 Å². The molecule has 82 valence electrons. The maximum atomic E-state index is 3.79. The van der Waals surface area contributed by atoms with Crippen LogP contribution in [0.25, 0.3) is 0 Å². The van der Waals surface area contributed by atoms with E-state index < -0.39 is 0 Å². The molecule has 1 nitrogen and oxygen atoms in total. The Labute approximate surface area is 88.7 Å². The van der Waals surface area contributed by atoms with Crippen LogP contribution in [0.5, 0.6) is 0 Å². The van der Waals surface area contributed by atoms with E-state index in [9.17, 15) is 0 Å². The molecule has 0 heterocycles. The maximum absolute atomic E-state index is 3.79. The average molecular weight is 195 g/mol. The standard InChI is InChI=1S/C13H25N/c1-5-8-14-11-12(2,3)10-6-7-13(11,4)9-10/h10-11,14H,5-9H2,1-4H3. The molecule has 14 heavy (non-hydrogen) atoms. The van der Waals surface area contributed by atoms with Crippen LogP contribution in [0.15, 0.2) is 0 Å². The monoisotopic (exact) mass is 195 g/mol. The van der Waals surface area contributed by atoms with Gasteiger partial charge >= 0.3 is 0 Å². The van der Waals surface area contributed by atoms with Crippen molar-refractivity contribution in [1.29, 1.82) is 0 Å². The van der Waals surface area contributed by atoms with Gasteiger partial charge in [0.2, 0.25) is 0 Å². The Morgan fingerprint density at radius 3 is 2.50 bits per heavy atom. The van der Waals surface area contributed by atoms with Gasteiger partial charge in [0.25, 0.3) is 0 Å². The summed E-state index contributed by atoms with van der Waals surface area (Å²) in [5, 5.41) is 3.79. The highest BCUT2D eigenvalue weighted by Crippen LogP contribution is 2.62. The molecule has 0 aromatic rings. The second kappa shape index (κ2) is 3.23. The molecule has 1 heteroatoms. The highest BCUT2D eigenvalue weighted by Gasteiger charge is 2.58. The molecule has 0 aromatic carbocycles. The van der Waals surface area contributed by atoms with E-state index in [0.717, 1.165) is 12.0 Å². The average Bonchev–Trinajstić information content (AvgIpc) is 2.55. The molecule has 0 aromatic heterocycles. The minimum Gasteiger partial charge on any atom is -0.313 e. The Bertz CT molecular complexity index is 217. The van der Waals surface area contributed by atoms with Crippen LogP contribution in [0.1, 0.15) is 53.4 Å². The van der Waals surface area contributed by atoms with Crippen molar-refractivity contribution in [3.63, 3.8) is 0 Å². The van der Waals surface area contributed by atoms with E-state index in [1.165, 1.54) is 32.2 Å². The minimum atomic E-state index is 0.530. The lowest BCUT2D eigenvalue weighted by atomic mass is 9.68. The maximum Gasteiger partial charge on any atom is 0.0175 e. The quantitative estimate of drug-likeness (QED) is 0.729. The summed E-state index contributed by atoms with van der Waals surface area (Å²) in [6.45, 7) is 10.9. The summed E-state index contributed by atoms with van der Waals surface area (Å²) < 4.78 is 0. The third kappa shape index (κ3) is 1.32. The highest BCUT2D eigenvalue weighted by atomic mass is 15.0. The molecule has 0 amide bonds. The molecule has 2 rings (SSSR count). The summed E-state index contributed by atoms with van der Waals surface area (Å²) in [4.78, 5) is 0. The van der Waals surface area contributed by atoms with Gasteiger partial charge in [-0.3, -0.25) is 0 Å². The highest BCUT2D eigenvalue weighted by molar-refractivity contribution is 5.11. The lowest BCUT2D eigenvalue weighted by Crippen LogP contribution is -2.50. The molecule has 0 spiro atoms. The molecule has 2 aliphatic rings. The van der Waals surface area contributed by atoms with Crippen LogP contribution in [0.2, 0.25) is 0 Å². The van der Waals surface area contributed by atoms with Crippen molar-refractivity contribution in [2.45, 2.75) is 59.4 Å². The Morgan fingerprint density at radius 2 is 2.00 bits per heavy atom. The molecule has 2 saturated carbocycles. The molecule has 3 unspecified atom stereocenters. The first-order chi connectivity index (χ1) is 6.50. The van der Waals surface area contributed by atoms with E-state index in [-0.39, 0.29) is 0 Å².